The summed E-state index contributed by atoms with van der Waals surface area (Å²) in [5.74, 6) is -0.934. The van der Waals surface area contributed by atoms with E-state index in [2.05, 4.69) is 5.32 Å². The van der Waals surface area contributed by atoms with Crippen LogP contribution in [-0.4, -0.2) is 23.4 Å². The first-order chi connectivity index (χ1) is 11.1. The Morgan fingerprint density at radius 2 is 1.74 bits per heavy atom. The molecule has 1 unspecified atom stereocenters. The molecule has 0 amide bonds. The third kappa shape index (κ3) is 3.03. The average molecular weight is 309 g/mol. The number of carboxylic acid groups (broad SMARTS) is 1. The second-order valence-corrected chi connectivity index (χ2v) is 5.90. The molecule has 1 aliphatic rings. The van der Waals surface area contributed by atoms with Gasteiger partial charge in [-0.2, -0.15) is 0 Å². The van der Waals surface area contributed by atoms with Crippen LogP contribution in [0.3, 0.4) is 0 Å². The number of carbonyl (C=O) groups excluding carboxylic acids is 1. The minimum atomic E-state index is -0.957. The molecule has 1 aliphatic carbocycles. The van der Waals surface area contributed by atoms with Crippen molar-refractivity contribution in [3.63, 3.8) is 0 Å². The Balaban J connectivity index is 1.93. The molecule has 1 atom stereocenters. The van der Waals surface area contributed by atoms with Crippen LogP contribution in [0.1, 0.15) is 23.1 Å². The Kier molecular flexibility index (Phi) is 4.26. The van der Waals surface area contributed by atoms with Crippen molar-refractivity contribution < 1.29 is 14.7 Å². The zero-order valence-electron chi connectivity index (χ0n) is 12.8. The molecule has 118 valence electrons. The van der Waals surface area contributed by atoms with Crippen LogP contribution in [0.2, 0.25) is 0 Å². The SMILES string of the molecule is O=C(O)CNC1(C(=O)Cc2ccccc2)CCc2ccccc21. The Morgan fingerprint density at radius 1 is 1.04 bits per heavy atom. The molecule has 0 aliphatic heterocycles. The summed E-state index contributed by atoms with van der Waals surface area (Å²) in [7, 11) is 0. The van der Waals surface area contributed by atoms with Gasteiger partial charge in [-0.3, -0.25) is 14.9 Å². The van der Waals surface area contributed by atoms with Crippen LogP contribution < -0.4 is 5.32 Å². The van der Waals surface area contributed by atoms with Gasteiger partial charge in [0.2, 0.25) is 0 Å². The largest absolute Gasteiger partial charge is 0.480 e. The summed E-state index contributed by atoms with van der Waals surface area (Å²) in [6.07, 6.45) is 1.68. The first-order valence-corrected chi connectivity index (χ1v) is 7.74. The van der Waals surface area contributed by atoms with Crippen LogP contribution in [0.5, 0.6) is 0 Å². The maximum Gasteiger partial charge on any atom is 0.317 e. The fourth-order valence-corrected chi connectivity index (χ4v) is 3.34. The summed E-state index contributed by atoms with van der Waals surface area (Å²) in [4.78, 5) is 24.1. The van der Waals surface area contributed by atoms with E-state index in [0.717, 1.165) is 23.1 Å². The third-order valence-corrected chi connectivity index (χ3v) is 4.47. The van der Waals surface area contributed by atoms with E-state index < -0.39 is 11.5 Å². The lowest BCUT2D eigenvalue weighted by Gasteiger charge is -2.30. The highest BCUT2D eigenvalue weighted by Gasteiger charge is 2.44. The average Bonchev–Trinajstić information content (AvgIpc) is 2.94. The van der Waals surface area contributed by atoms with Gasteiger partial charge in [0.05, 0.1) is 6.54 Å². The number of nitrogens with one attached hydrogen (secondary N) is 1. The van der Waals surface area contributed by atoms with Crippen LogP contribution in [0, 0.1) is 0 Å². The monoisotopic (exact) mass is 309 g/mol. The zero-order chi connectivity index (χ0) is 16.3. The molecule has 4 nitrogen and oxygen atoms in total. The number of carbonyl (C=O) groups is 2. The second-order valence-electron chi connectivity index (χ2n) is 5.90. The van der Waals surface area contributed by atoms with Crippen LogP contribution in [-0.2, 0) is 28.0 Å². The standard InChI is InChI=1S/C19H19NO3/c21-17(12-14-6-2-1-3-7-14)19(20-13-18(22)23)11-10-15-8-4-5-9-16(15)19/h1-9,20H,10-13H2,(H,22,23). The Hall–Kier alpha value is -2.46. The number of hydrogen-bond acceptors (Lipinski definition) is 3. The molecule has 2 aromatic rings. The van der Waals surface area contributed by atoms with Crippen molar-refractivity contribution in [1.29, 1.82) is 0 Å². The predicted molar refractivity (Wildman–Crippen MR) is 87.2 cm³/mol. The summed E-state index contributed by atoms with van der Waals surface area (Å²) in [6.45, 7) is -0.227. The van der Waals surface area contributed by atoms with Crippen molar-refractivity contribution in [3.8, 4) is 0 Å². The fourth-order valence-electron chi connectivity index (χ4n) is 3.34. The van der Waals surface area contributed by atoms with Gasteiger partial charge in [0.25, 0.3) is 0 Å². The summed E-state index contributed by atoms with van der Waals surface area (Å²) in [5.41, 5.74) is 2.08. The van der Waals surface area contributed by atoms with E-state index in [9.17, 15) is 9.59 Å². The number of Topliss-reactive ketones (excluding diaryl/α,β-unsaturated/α-hetero) is 1. The molecular weight excluding hydrogens is 290 g/mol. The molecule has 0 saturated heterocycles. The summed E-state index contributed by atoms with van der Waals surface area (Å²) in [6, 6.07) is 17.4. The molecule has 2 aromatic carbocycles. The van der Waals surface area contributed by atoms with Gasteiger partial charge >= 0.3 is 5.97 Å². The number of ketones is 1. The van der Waals surface area contributed by atoms with E-state index in [0.29, 0.717) is 12.8 Å². The van der Waals surface area contributed by atoms with Gasteiger partial charge in [0.1, 0.15) is 5.54 Å². The van der Waals surface area contributed by atoms with Crippen LogP contribution in [0.15, 0.2) is 54.6 Å². The highest BCUT2D eigenvalue weighted by molar-refractivity contribution is 5.93. The summed E-state index contributed by atoms with van der Waals surface area (Å²) < 4.78 is 0. The first kappa shape index (κ1) is 15.4. The van der Waals surface area contributed by atoms with Crippen molar-refractivity contribution in [2.45, 2.75) is 24.8 Å². The van der Waals surface area contributed by atoms with Gasteiger partial charge in [0.15, 0.2) is 5.78 Å². The fraction of sp³-hybridized carbons (Fsp3) is 0.263. The zero-order valence-corrected chi connectivity index (χ0v) is 12.8. The van der Waals surface area contributed by atoms with Gasteiger partial charge in [-0.15, -0.1) is 0 Å². The predicted octanol–water partition coefficient (Wildman–Crippen LogP) is 2.31. The molecule has 23 heavy (non-hydrogen) atoms. The minimum absolute atomic E-state index is 0.0231. The lowest BCUT2D eigenvalue weighted by molar-refractivity contribution is -0.136. The van der Waals surface area contributed by atoms with Gasteiger partial charge in [0, 0.05) is 6.42 Å². The Bertz CT molecular complexity index is 726. The van der Waals surface area contributed by atoms with Crippen molar-refractivity contribution in [2.24, 2.45) is 0 Å². The van der Waals surface area contributed by atoms with E-state index in [4.69, 9.17) is 5.11 Å². The van der Waals surface area contributed by atoms with Crippen LogP contribution >= 0.6 is 0 Å². The Labute approximate surface area is 135 Å². The topological polar surface area (TPSA) is 66.4 Å². The van der Waals surface area contributed by atoms with Crippen molar-refractivity contribution in [2.75, 3.05) is 6.54 Å². The number of rotatable bonds is 6. The number of aliphatic carboxylic acids is 1. The Morgan fingerprint density at radius 3 is 2.48 bits per heavy atom. The molecule has 0 saturated carbocycles. The quantitative estimate of drug-likeness (QED) is 0.859. The third-order valence-electron chi connectivity index (χ3n) is 4.47. The van der Waals surface area contributed by atoms with E-state index in [1.54, 1.807) is 0 Å². The number of carboxylic acids is 1. The normalized spacial score (nSPS) is 19.3. The van der Waals surface area contributed by atoms with Crippen molar-refractivity contribution in [1.82, 2.24) is 5.32 Å². The number of fused-ring (bicyclic) bond motifs is 1. The van der Waals surface area contributed by atoms with Crippen molar-refractivity contribution in [3.05, 3.63) is 71.3 Å². The summed E-state index contributed by atoms with van der Waals surface area (Å²) in [5, 5.41) is 12.1. The first-order valence-electron chi connectivity index (χ1n) is 7.74. The molecule has 2 N–H and O–H groups in total. The lowest BCUT2D eigenvalue weighted by atomic mass is 9.84. The van der Waals surface area contributed by atoms with E-state index in [-0.39, 0.29) is 12.3 Å². The van der Waals surface area contributed by atoms with Crippen LogP contribution in [0.4, 0.5) is 0 Å². The number of benzene rings is 2. The molecule has 3 rings (SSSR count). The molecule has 0 aromatic heterocycles. The lowest BCUT2D eigenvalue weighted by Crippen LogP contribution is -2.50. The van der Waals surface area contributed by atoms with Crippen molar-refractivity contribution >= 4 is 11.8 Å². The maximum atomic E-state index is 13.1. The van der Waals surface area contributed by atoms with Gasteiger partial charge < -0.3 is 5.11 Å². The highest BCUT2D eigenvalue weighted by atomic mass is 16.4. The molecular formula is C19H19NO3. The van der Waals surface area contributed by atoms with Crippen LogP contribution in [0.25, 0.3) is 0 Å². The molecule has 0 heterocycles. The minimum Gasteiger partial charge on any atom is -0.480 e. The van der Waals surface area contributed by atoms with Gasteiger partial charge in [-0.05, 0) is 29.5 Å². The van der Waals surface area contributed by atoms with E-state index in [1.165, 1.54) is 0 Å². The molecule has 0 bridgehead atoms. The van der Waals surface area contributed by atoms with E-state index in [1.807, 2.05) is 54.6 Å². The molecule has 0 spiro atoms. The van der Waals surface area contributed by atoms with E-state index >= 15 is 0 Å². The smallest absolute Gasteiger partial charge is 0.317 e. The number of aryl methyl sites for hydroxylation is 1. The second kappa shape index (κ2) is 6.34. The molecule has 4 heteroatoms. The maximum absolute atomic E-state index is 13.1. The molecule has 0 fully saturated rings. The summed E-state index contributed by atoms with van der Waals surface area (Å²) >= 11 is 0. The van der Waals surface area contributed by atoms with Gasteiger partial charge in [-0.25, -0.2) is 0 Å². The molecule has 0 radical (unpaired) electrons. The number of hydrogen-bond donors (Lipinski definition) is 2. The highest BCUT2D eigenvalue weighted by Crippen LogP contribution is 2.38. The van der Waals surface area contributed by atoms with Gasteiger partial charge in [-0.1, -0.05) is 54.6 Å².